The number of aliphatic imine (C=N–C) groups is 1. The van der Waals surface area contributed by atoms with Crippen LogP contribution in [-0.2, 0) is 0 Å². The Bertz CT molecular complexity index is 159. The lowest BCUT2D eigenvalue weighted by Gasteiger charge is -2.15. The van der Waals surface area contributed by atoms with Crippen LogP contribution >= 0.6 is 0 Å². The van der Waals surface area contributed by atoms with E-state index in [2.05, 4.69) is 23.5 Å². The standard InChI is InChI=1S/C9H18N2/c1-8(2)6-11(5)7-9(3)10-4/h1,6-7H2,2-5H3. The fraction of sp³-hybridized carbons (Fsp3) is 0.667. The molecule has 0 atom stereocenters. The van der Waals surface area contributed by atoms with Crippen molar-refractivity contribution in [2.75, 3.05) is 27.2 Å². The topological polar surface area (TPSA) is 15.6 Å². The highest BCUT2D eigenvalue weighted by Gasteiger charge is 1.98. The Balaban J connectivity index is 3.69. The number of hydrogen-bond acceptors (Lipinski definition) is 2. The second-order valence-corrected chi connectivity index (χ2v) is 3.09. The first kappa shape index (κ1) is 10.4. The maximum absolute atomic E-state index is 4.08. The summed E-state index contributed by atoms with van der Waals surface area (Å²) in [7, 11) is 3.90. The zero-order chi connectivity index (χ0) is 8.85. The van der Waals surface area contributed by atoms with Crippen LogP contribution in [0.3, 0.4) is 0 Å². The highest BCUT2D eigenvalue weighted by molar-refractivity contribution is 5.83. The number of rotatable bonds is 4. The van der Waals surface area contributed by atoms with Gasteiger partial charge in [-0.1, -0.05) is 12.2 Å². The van der Waals surface area contributed by atoms with Gasteiger partial charge in [-0.15, -0.1) is 0 Å². The van der Waals surface area contributed by atoms with Gasteiger partial charge in [0.25, 0.3) is 0 Å². The first-order chi connectivity index (χ1) is 5.06. The normalized spacial score (nSPS) is 12.3. The van der Waals surface area contributed by atoms with Crippen LogP contribution in [0, 0.1) is 0 Å². The Kier molecular flexibility index (Phi) is 4.79. The minimum Gasteiger partial charge on any atom is -0.297 e. The zero-order valence-electron chi connectivity index (χ0n) is 8.02. The molecule has 0 fully saturated rings. The number of nitrogens with zero attached hydrogens (tertiary/aromatic N) is 2. The molecule has 0 saturated heterocycles. The molecular formula is C9H18N2. The summed E-state index contributed by atoms with van der Waals surface area (Å²) in [4.78, 5) is 6.28. The van der Waals surface area contributed by atoms with Gasteiger partial charge in [0, 0.05) is 25.8 Å². The molecule has 0 aromatic heterocycles. The van der Waals surface area contributed by atoms with Gasteiger partial charge < -0.3 is 0 Å². The van der Waals surface area contributed by atoms with Gasteiger partial charge in [-0.05, 0) is 20.9 Å². The van der Waals surface area contributed by atoms with Crippen LogP contribution in [0.4, 0.5) is 0 Å². The molecule has 2 heteroatoms. The first-order valence-corrected chi connectivity index (χ1v) is 3.81. The van der Waals surface area contributed by atoms with Gasteiger partial charge in [0.1, 0.15) is 0 Å². The number of likely N-dealkylation sites (N-methyl/N-ethyl adjacent to an activating group) is 1. The third-order valence-electron chi connectivity index (χ3n) is 1.42. The molecule has 64 valence electrons. The lowest BCUT2D eigenvalue weighted by Crippen LogP contribution is -2.25. The quantitative estimate of drug-likeness (QED) is 0.443. The lowest BCUT2D eigenvalue weighted by atomic mass is 10.3. The van der Waals surface area contributed by atoms with E-state index in [9.17, 15) is 0 Å². The number of hydrogen-bond donors (Lipinski definition) is 0. The summed E-state index contributed by atoms with van der Waals surface area (Å²) in [5, 5.41) is 0. The van der Waals surface area contributed by atoms with Crippen molar-refractivity contribution in [3.63, 3.8) is 0 Å². The zero-order valence-corrected chi connectivity index (χ0v) is 8.02. The molecule has 0 radical (unpaired) electrons. The van der Waals surface area contributed by atoms with E-state index in [1.165, 1.54) is 5.57 Å². The Hall–Kier alpha value is -0.630. The Labute approximate surface area is 69.6 Å². The largest absolute Gasteiger partial charge is 0.297 e. The molecule has 0 saturated carbocycles. The lowest BCUT2D eigenvalue weighted by molar-refractivity contribution is 0.414. The molecule has 0 unspecified atom stereocenters. The summed E-state index contributed by atoms with van der Waals surface area (Å²) in [6.45, 7) is 9.81. The molecule has 0 heterocycles. The highest BCUT2D eigenvalue weighted by Crippen LogP contribution is 1.92. The predicted octanol–water partition coefficient (Wildman–Crippen LogP) is 1.58. The summed E-state index contributed by atoms with van der Waals surface area (Å²) < 4.78 is 0. The fourth-order valence-electron chi connectivity index (χ4n) is 0.978. The van der Waals surface area contributed by atoms with Gasteiger partial charge in [0.05, 0.1) is 0 Å². The molecule has 11 heavy (non-hydrogen) atoms. The minimum absolute atomic E-state index is 0.934. The molecule has 0 N–H and O–H groups in total. The van der Waals surface area contributed by atoms with Crippen LogP contribution in [0.15, 0.2) is 17.1 Å². The molecule has 0 bridgehead atoms. The maximum atomic E-state index is 4.08. The van der Waals surface area contributed by atoms with Crippen LogP contribution in [0.5, 0.6) is 0 Å². The molecule has 0 amide bonds. The maximum Gasteiger partial charge on any atom is 0.0360 e. The van der Waals surface area contributed by atoms with Gasteiger partial charge >= 0.3 is 0 Å². The fourth-order valence-corrected chi connectivity index (χ4v) is 0.978. The van der Waals surface area contributed by atoms with E-state index in [4.69, 9.17) is 0 Å². The van der Waals surface area contributed by atoms with Gasteiger partial charge in [0.15, 0.2) is 0 Å². The van der Waals surface area contributed by atoms with Crippen LogP contribution in [0.2, 0.25) is 0 Å². The van der Waals surface area contributed by atoms with Crippen molar-refractivity contribution in [2.45, 2.75) is 13.8 Å². The third kappa shape index (κ3) is 5.80. The van der Waals surface area contributed by atoms with E-state index < -0.39 is 0 Å². The smallest absolute Gasteiger partial charge is 0.0360 e. The van der Waals surface area contributed by atoms with Crippen LogP contribution in [-0.4, -0.2) is 37.8 Å². The van der Waals surface area contributed by atoms with E-state index in [1.54, 1.807) is 0 Å². The SMILES string of the molecule is C=C(C)CN(C)CC(C)=NC. The second-order valence-electron chi connectivity index (χ2n) is 3.09. The molecular weight excluding hydrogens is 136 g/mol. The van der Waals surface area contributed by atoms with E-state index in [0.717, 1.165) is 18.8 Å². The van der Waals surface area contributed by atoms with Crippen molar-refractivity contribution in [2.24, 2.45) is 4.99 Å². The molecule has 0 aliphatic carbocycles. The Morgan fingerprint density at radius 1 is 1.36 bits per heavy atom. The Morgan fingerprint density at radius 2 is 1.91 bits per heavy atom. The van der Waals surface area contributed by atoms with Gasteiger partial charge in [0.2, 0.25) is 0 Å². The molecule has 0 rings (SSSR count). The minimum atomic E-state index is 0.934. The van der Waals surface area contributed by atoms with Crippen LogP contribution in [0.25, 0.3) is 0 Å². The molecule has 0 aliphatic rings. The summed E-state index contributed by atoms with van der Waals surface area (Å²) in [6.07, 6.45) is 0. The summed E-state index contributed by atoms with van der Waals surface area (Å²) in [5.41, 5.74) is 2.35. The Morgan fingerprint density at radius 3 is 2.27 bits per heavy atom. The van der Waals surface area contributed by atoms with Crippen molar-refractivity contribution < 1.29 is 0 Å². The summed E-state index contributed by atoms with van der Waals surface area (Å²) in [6, 6.07) is 0. The molecule has 0 aliphatic heterocycles. The van der Waals surface area contributed by atoms with Crippen LogP contribution in [0.1, 0.15) is 13.8 Å². The predicted molar refractivity (Wildman–Crippen MR) is 51.3 cm³/mol. The van der Waals surface area contributed by atoms with Crippen molar-refractivity contribution in [1.82, 2.24) is 4.90 Å². The van der Waals surface area contributed by atoms with E-state index in [0.29, 0.717) is 0 Å². The van der Waals surface area contributed by atoms with Crippen molar-refractivity contribution >= 4 is 5.71 Å². The molecule has 0 aromatic carbocycles. The van der Waals surface area contributed by atoms with Crippen molar-refractivity contribution in [1.29, 1.82) is 0 Å². The monoisotopic (exact) mass is 154 g/mol. The average Bonchev–Trinajstić information content (AvgIpc) is 1.85. The van der Waals surface area contributed by atoms with Gasteiger partial charge in [-0.2, -0.15) is 0 Å². The molecule has 0 spiro atoms. The van der Waals surface area contributed by atoms with Crippen LogP contribution < -0.4 is 0 Å². The first-order valence-electron chi connectivity index (χ1n) is 3.81. The average molecular weight is 154 g/mol. The van der Waals surface area contributed by atoms with Gasteiger partial charge in [-0.3, -0.25) is 9.89 Å². The van der Waals surface area contributed by atoms with Gasteiger partial charge in [-0.25, -0.2) is 0 Å². The van der Waals surface area contributed by atoms with E-state index in [-0.39, 0.29) is 0 Å². The van der Waals surface area contributed by atoms with Crippen molar-refractivity contribution in [3.8, 4) is 0 Å². The van der Waals surface area contributed by atoms with E-state index in [1.807, 2.05) is 20.9 Å². The summed E-state index contributed by atoms with van der Waals surface area (Å²) >= 11 is 0. The second kappa shape index (κ2) is 5.08. The molecule has 2 nitrogen and oxygen atoms in total. The summed E-state index contributed by atoms with van der Waals surface area (Å²) in [5.74, 6) is 0. The highest BCUT2D eigenvalue weighted by atomic mass is 15.1. The van der Waals surface area contributed by atoms with Crippen molar-refractivity contribution in [3.05, 3.63) is 12.2 Å². The third-order valence-corrected chi connectivity index (χ3v) is 1.42. The van der Waals surface area contributed by atoms with E-state index >= 15 is 0 Å². The molecule has 0 aromatic rings.